The number of pyridine rings is 1. The van der Waals surface area contributed by atoms with E-state index in [1.807, 2.05) is 36.1 Å². The quantitative estimate of drug-likeness (QED) is 0.411. The van der Waals surface area contributed by atoms with Crippen molar-refractivity contribution in [1.29, 1.82) is 0 Å². The summed E-state index contributed by atoms with van der Waals surface area (Å²) >= 11 is 6.05. The first kappa shape index (κ1) is 24.0. The summed E-state index contributed by atoms with van der Waals surface area (Å²) in [6.45, 7) is 9.59. The molecule has 0 amide bonds. The zero-order chi connectivity index (χ0) is 24.2. The Bertz CT molecular complexity index is 1170. The second kappa shape index (κ2) is 10.9. The van der Waals surface area contributed by atoms with Crippen molar-refractivity contribution in [3.63, 3.8) is 0 Å². The molecule has 3 heterocycles. The van der Waals surface area contributed by atoms with Crippen molar-refractivity contribution < 1.29 is 4.74 Å². The number of anilines is 1. The summed E-state index contributed by atoms with van der Waals surface area (Å²) in [5, 5.41) is 5.06. The van der Waals surface area contributed by atoms with Gasteiger partial charge in [0.25, 0.3) is 0 Å². The molecule has 7 nitrogen and oxygen atoms in total. The maximum Gasteiger partial charge on any atom is 0.199 e. The molecule has 186 valence electrons. The molecule has 8 heteroatoms. The Morgan fingerprint density at radius 1 is 1.03 bits per heavy atom. The fourth-order valence-electron chi connectivity index (χ4n) is 5.50. The van der Waals surface area contributed by atoms with Crippen LogP contribution in [-0.4, -0.2) is 57.0 Å². The Hall–Kier alpha value is -2.71. The van der Waals surface area contributed by atoms with Crippen molar-refractivity contribution in [2.24, 2.45) is 5.92 Å². The Morgan fingerprint density at radius 2 is 1.83 bits per heavy atom. The molecule has 2 atom stereocenters. The number of rotatable bonds is 7. The van der Waals surface area contributed by atoms with Gasteiger partial charge in [0.05, 0.1) is 19.0 Å². The molecule has 2 fully saturated rings. The van der Waals surface area contributed by atoms with E-state index in [0.29, 0.717) is 25.2 Å². The van der Waals surface area contributed by atoms with Gasteiger partial charge in [0.2, 0.25) is 0 Å². The van der Waals surface area contributed by atoms with Crippen LogP contribution in [0.5, 0.6) is 5.75 Å². The normalized spacial score (nSPS) is 21.3. The fraction of sp³-hybridized carbons (Fsp3) is 0.519. The SMILES string of the molecule is CCOc1ccccc1N1CCN(Cn2nc(-c3cccnc3)n([C@@H]3CCCC[C@H]3C)c2=S)CC1. The summed E-state index contributed by atoms with van der Waals surface area (Å²) in [7, 11) is 0. The highest BCUT2D eigenvalue weighted by atomic mass is 32.1. The third-order valence-corrected chi connectivity index (χ3v) is 7.81. The van der Waals surface area contributed by atoms with E-state index in [-0.39, 0.29) is 0 Å². The van der Waals surface area contributed by atoms with Gasteiger partial charge in [-0.1, -0.05) is 31.9 Å². The van der Waals surface area contributed by atoms with Crippen LogP contribution >= 0.6 is 12.2 Å². The van der Waals surface area contributed by atoms with Crippen LogP contribution in [0.25, 0.3) is 11.4 Å². The first-order chi connectivity index (χ1) is 17.2. The smallest absolute Gasteiger partial charge is 0.199 e. The Labute approximate surface area is 213 Å². The van der Waals surface area contributed by atoms with Crippen molar-refractivity contribution >= 4 is 17.9 Å². The molecule has 5 rings (SSSR count). The summed E-state index contributed by atoms with van der Waals surface area (Å²) in [5.74, 6) is 2.51. The van der Waals surface area contributed by atoms with Crippen LogP contribution in [0.3, 0.4) is 0 Å². The first-order valence-electron chi connectivity index (χ1n) is 12.9. The van der Waals surface area contributed by atoms with Crippen LogP contribution in [0.1, 0.15) is 45.6 Å². The maximum absolute atomic E-state index is 6.05. The van der Waals surface area contributed by atoms with Gasteiger partial charge in [-0.3, -0.25) is 14.5 Å². The molecular formula is C27H36N6OS. The molecule has 3 aromatic rings. The van der Waals surface area contributed by atoms with Gasteiger partial charge in [-0.05, 0) is 62.2 Å². The van der Waals surface area contributed by atoms with Gasteiger partial charge in [0.15, 0.2) is 10.6 Å². The van der Waals surface area contributed by atoms with Crippen molar-refractivity contribution in [2.45, 2.75) is 52.2 Å². The summed E-state index contributed by atoms with van der Waals surface area (Å²) in [5.41, 5.74) is 2.22. The molecular weight excluding hydrogens is 456 g/mol. The maximum atomic E-state index is 6.05. The number of para-hydroxylation sites is 2. The molecule has 0 unspecified atom stereocenters. The molecule has 2 aromatic heterocycles. The average Bonchev–Trinajstić information content (AvgIpc) is 3.21. The van der Waals surface area contributed by atoms with E-state index < -0.39 is 0 Å². The number of ether oxygens (including phenoxy) is 1. The lowest BCUT2D eigenvalue weighted by molar-refractivity contribution is 0.191. The van der Waals surface area contributed by atoms with Gasteiger partial charge in [-0.2, -0.15) is 5.10 Å². The first-order valence-corrected chi connectivity index (χ1v) is 13.4. The van der Waals surface area contributed by atoms with Crippen molar-refractivity contribution in [3.05, 3.63) is 53.6 Å². The van der Waals surface area contributed by atoms with Crippen LogP contribution in [-0.2, 0) is 6.67 Å². The van der Waals surface area contributed by atoms with Gasteiger partial charge >= 0.3 is 0 Å². The molecule has 0 spiro atoms. The molecule has 35 heavy (non-hydrogen) atoms. The average molecular weight is 493 g/mol. The van der Waals surface area contributed by atoms with E-state index in [9.17, 15) is 0 Å². The lowest BCUT2D eigenvalue weighted by Gasteiger charge is -2.36. The summed E-state index contributed by atoms with van der Waals surface area (Å²) in [6.07, 6.45) is 8.67. The van der Waals surface area contributed by atoms with Gasteiger partial charge in [-0.15, -0.1) is 0 Å². The Morgan fingerprint density at radius 3 is 2.57 bits per heavy atom. The van der Waals surface area contributed by atoms with Crippen LogP contribution in [0, 0.1) is 10.7 Å². The van der Waals surface area contributed by atoms with E-state index in [4.69, 9.17) is 22.1 Å². The number of benzene rings is 1. The minimum absolute atomic E-state index is 0.395. The number of aromatic nitrogens is 4. The predicted molar refractivity (Wildman–Crippen MR) is 142 cm³/mol. The summed E-state index contributed by atoms with van der Waals surface area (Å²) in [4.78, 5) is 9.22. The minimum Gasteiger partial charge on any atom is -0.492 e. The van der Waals surface area contributed by atoms with Crippen LogP contribution in [0.15, 0.2) is 48.8 Å². The molecule has 0 N–H and O–H groups in total. The van der Waals surface area contributed by atoms with Crippen LogP contribution < -0.4 is 9.64 Å². The monoisotopic (exact) mass is 492 g/mol. The molecule has 2 aliphatic rings. The fourth-order valence-corrected chi connectivity index (χ4v) is 5.82. The predicted octanol–water partition coefficient (Wildman–Crippen LogP) is 5.41. The molecule has 1 aliphatic carbocycles. The van der Waals surface area contributed by atoms with Gasteiger partial charge < -0.3 is 9.64 Å². The third kappa shape index (κ3) is 5.14. The largest absolute Gasteiger partial charge is 0.492 e. The summed E-state index contributed by atoms with van der Waals surface area (Å²) in [6, 6.07) is 12.8. The van der Waals surface area contributed by atoms with E-state index >= 15 is 0 Å². The lowest BCUT2D eigenvalue weighted by Crippen LogP contribution is -2.47. The van der Waals surface area contributed by atoms with Gasteiger partial charge in [0, 0.05) is 50.2 Å². The second-order valence-electron chi connectivity index (χ2n) is 9.69. The number of piperazine rings is 1. The minimum atomic E-state index is 0.395. The lowest BCUT2D eigenvalue weighted by atomic mass is 9.85. The van der Waals surface area contributed by atoms with Gasteiger partial charge in [0.1, 0.15) is 5.75 Å². The molecule has 1 aromatic carbocycles. The highest BCUT2D eigenvalue weighted by molar-refractivity contribution is 7.71. The highest BCUT2D eigenvalue weighted by Gasteiger charge is 2.28. The Kier molecular flexibility index (Phi) is 7.48. The van der Waals surface area contributed by atoms with Crippen LogP contribution in [0.4, 0.5) is 5.69 Å². The molecule has 1 saturated carbocycles. The van der Waals surface area contributed by atoms with Crippen molar-refractivity contribution in [2.75, 3.05) is 37.7 Å². The van der Waals surface area contributed by atoms with Gasteiger partial charge in [-0.25, -0.2) is 4.68 Å². The number of hydrogen-bond acceptors (Lipinski definition) is 6. The topological polar surface area (TPSA) is 51.4 Å². The zero-order valence-electron chi connectivity index (χ0n) is 20.8. The summed E-state index contributed by atoms with van der Waals surface area (Å²) < 4.78 is 11.0. The molecule has 1 aliphatic heterocycles. The van der Waals surface area contributed by atoms with E-state index in [1.54, 1.807) is 0 Å². The third-order valence-electron chi connectivity index (χ3n) is 7.40. The zero-order valence-corrected chi connectivity index (χ0v) is 21.7. The highest BCUT2D eigenvalue weighted by Crippen LogP contribution is 2.36. The Balaban J connectivity index is 1.35. The number of hydrogen-bond donors (Lipinski definition) is 0. The number of nitrogens with zero attached hydrogens (tertiary/aromatic N) is 6. The van der Waals surface area contributed by atoms with E-state index in [1.165, 1.54) is 24.9 Å². The molecule has 0 radical (unpaired) electrons. The molecule has 1 saturated heterocycles. The van der Waals surface area contributed by atoms with Crippen LogP contribution in [0.2, 0.25) is 0 Å². The molecule has 0 bridgehead atoms. The second-order valence-corrected chi connectivity index (χ2v) is 10.1. The van der Waals surface area contributed by atoms with E-state index in [2.05, 4.69) is 50.5 Å². The van der Waals surface area contributed by atoms with Crippen molar-refractivity contribution in [1.82, 2.24) is 24.2 Å². The van der Waals surface area contributed by atoms with Crippen molar-refractivity contribution in [3.8, 4) is 17.1 Å². The van der Waals surface area contributed by atoms with E-state index in [0.717, 1.165) is 54.5 Å². The standard InChI is InChI=1S/C27H36N6OS/c1-3-34-25-13-7-6-12-24(25)31-17-15-30(16-18-31)20-32-27(35)33(23-11-5-4-9-21(23)2)26(29-32)22-10-8-14-28-19-22/h6-8,10,12-14,19,21,23H,3-5,9,11,15-18,20H2,1-2H3/t21-,23-/m1/s1.